The van der Waals surface area contributed by atoms with Crippen molar-refractivity contribution in [1.82, 2.24) is 19.5 Å². The minimum absolute atomic E-state index is 0.217. The van der Waals surface area contributed by atoms with E-state index in [1.807, 2.05) is 28.8 Å². The maximum atomic E-state index is 12.5. The van der Waals surface area contributed by atoms with Gasteiger partial charge in [0.25, 0.3) is 5.91 Å². The zero-order chi connectivity index (χ0) is 17.3. The average Bonchev–Trinajstić information content (AvgIpc) is 2.92. The number of nitrogens with one attached hydrogen (secondary N) is 1. The summed E-state index contributed by atoms with van der Waals surface area (Å²) in [6, 6.07) is 9.26. The van der Waals surface area contributed by atoms with Gasteiger partial charge in [0.1, 0.15) is 12.0 Å². The van der Waals surface area contributed by atoms with Gasteiger partial charge in [0.05, 0.1) is 18.1 Å². The number of hydrogen-bond acceptors (Lipinski definition) is 5. The number of amides is 1. The largest absolute Gasteiger partial charge is 0.481 e. The third-order valence-corrected chi connectivity index (χ3v) is 3.54. The Hall–Kier alpha value is -2.96. The molecule has 0 aliphatic rings. The molecule has 0 atom stereocenters. The summed E-state index contributed by atoms with van der Waals surface area (Å²) in [5, 5.41) is 2.84. The molecule has 0 saturated carbocycles. The lowest BCUT2D eigenvalue weighted by Gasteiger charge is -2.24. The SMILES string of the molecule is COc1cc(C(=O)Nc2nc3ccccc3n2C(C)(C)C)ncn1. The molecule has 2 heterocycles. The van der Waals surface area contributed by atoms with E-state index in [0.717, 1.165) is 11.0 Å². The molecule has 3 aromatic rings. The van der Waals surface area contributed by atoms with Crippen LogP contribution in [0.4, 0.5) is 5.95 Å². The smallest absolute Gasteiger partial charge is 0.276 e. The molecule has 0 saturated heterocycles. The lowest BCUT2D eigenvalue weighted by Crippen LogP contribution is -2.26. The van der Waals surface area contributed by atoms with E-state index in [1.54, 1.807) is 0 Å². The number of para-hydroxylation sites is 2. The Balaban J connectivity index is 2.02. The molecule has 0 spiro atoms. The van der Waals surface area contributed by atoms with Gasteiger partial charge in [-0.3, -0.25) is 10.1 Å². The molecule has 7 heteroatoms. The summed E-state index contributed by atoms with van der Waals surface area (Å²) < 4.78 is 7.03. The van der Waals surface area contributed by atoms with Crippen LogP contribution in [0.2, 0.25) is 0 Å². The molecular weight excluding hydrogens is 306 g/mol. The minimum atomic E-state index is -0.364. The molecule has 0 fully saturated rings. The van der Waals surface area contributed by atoms with Crippen LogP contribution in [0.15, 0.2) is 36.7 Å². The predicted molar refractivity (Wildman–Crippen MR) is 91.3 cm³/mol. The first kappa shape index (κ1) is 15.9. The van der Waals surface area contributed by atoms with E-state index in [-0.39, 0.29) is 17.1 Å². The highest BCUT2D eigenvalue weighted by Crippen LogP contribution is 2.28. The van der Waals surface area contributed by atoms with Crippen molar-refractivity contribution in [2.75, 3.05) is 12.4 Å². The monoisotopic (exact) mass is 325 g/mol. The van der Waals surface area contributed by atoms with Crippen LogP contribution in [0, 0.1) is 0 Å². The van der Waals surface area contributed by atoms with E-state index in [2.05, 4.69) is 41.0 Å². The summed E-state index contributed by atoms with van der Waals surface area (Å²) in [4.78, 5) is 25.0. The molecule has 2 aromatic heterocycles. The summed E-state index contributed by atoms with van der Waals surface area (Å²) in [7, 11) is 1.49. The normalized spacial score (nSPS) is 11.5. The van der Waals surface area contributed by atoms with Crippen LogP contribution >= 0.6 is 0 Å². The van der Waals surface area contributed by atoms with Crippen LogP contribution in [0.25, 0.3) is 11.0 Å². The molecule has 1 amide bonds. The van der Waals surface area contributed by atoms with E-state index in [1.165, 1.54) is 19.5 Å². The van der Waals surface area contributed by atoms with Crippen LogP contribution in [0.1, 0.15) is 31.3 Å². The second kappa shape index (κ2) is 5.92. The van der Waals surface area contributed by atoms with Gasteiger partial charge < -0.3 is 9.30 Å². The predicted octanol–water partition coefficient (Wildman–Crippen LogP) is 2.84. The van der Waals surface area contributed by atoms with Crippen molar-refractivity contribution in [3.8, 4) is 5.88 Å². The Kier molecular flexibility index (Phi) is 3.92. The van der Waals surface area contributed by atoms with Crippen LogP contribution in [-0.2, 0) is 5.54 Å². The lowest BCUT2D eigenvalue weighted by atomic mass is 10.1. The number of anilines is 1. The molecule has 1 N–H and O–H groups in total. The fourth-order valence-corrected chi connectivity index (χ4v) is 2.53. The molecule has 0 aliphatic heterocycles. The van der Waals surface area contributed by atoms with Gasteiger partial charge in [-0.15, -0.1) is 0 Å². The van der Waals surface area contributed by atoms with Crippen LogP contribution in [0.3, 0.4) is 0 Å². The van der Waals surface area contributed by atoms with Gasteiger partial charge >= 0.3 is 0 Å². The first-order valence-corrected chi connectivity index (χ1v) is 7.55. The number of hydrogen-bond donors (Lipinski definition) is 1. The summed E-state index contributed by atoms with van der Waals surface area (Å²) in [5.41, 5.74) is 1.75. The number of aromatic nitrogens is 4. The number of carbonyl (C=O) groups is 1. The highest BCUT2D eigenvalue weighted by atomic mass is 16.5. The highest BCUT2D eigenvalue weighted by molar-refractivity contribution is 6.02. The molecular formula is C17H19N5O2. The molecule has 3 rings (SSSR count). The molecule has 0 radical (unpaired) electrons. The molecule has 7 nitrogen and oxygen atoms in total. The summed E-state index contributed by atoms with van der Waals surface area (Å²) >= 11 is 0. The van der Waals surface area contributed by atoms with Crippen LogP contribution in [0.5, 0.6) is 5.88 Å². The van der Waals surface area contributed by atoms with Gasteiger partial charge in [0.15, 0.2) is 0 Å². The van der Waals surface area contributed by atoms with Crippen molar-refractivity contribution in [3.63, 3.8) is 0 Å². The topological polar surface area (TPSA) is 81.9 Å². The Morgan fingerprint density at radius 1 is 1.21 bits per heavy atom. The van der Waals surface area contributed by atoms with Crippen molar-refractivity contribution in [3.05, 3.63) is 42.4 Å². The second-order valence-electron chi connectivity index (χ2n) is 6.33. The second-order valence-corrected chi connectivity index (χ2v) is 6.33. The van der Waals surface area contributed by atoms with Crippen LogP contribution < -0.4 is 10.1 Å². The summed E-state index contributed by atoms with van der Waals surface area (Å²) in [6.45, 7) is 6.18. The van der Waals surface area contributed by atoms with E-state index in [9.17, 15) is 4.79 Å². The molecule has 0 bridgehead atoms. The number of benzene rings is 1. The Morgan fingerprint density at radius 3 is 2.67 bits per heavy atom. The highest BCUT2D eigenvalue weighted by Gasteiger charge is 2.23. The van der Waals surface area contributed by atoms with Gasteiger partial charge in [0.2, 0.25) is 11.8 Å². The molecule has 1 aromatic carbocycles. The van der Waals surface area contributed by atoms with Crippen molar-refractivity contribution in [2.45, 2.75) is 26.3 Å². The molecule has 0 aliphatic carbocycles. The van der Waals surface area contributed by atoms with E-state index >= 15 is 0 Å². The number of rotatable bonds is 3. The first-order valence-electron chi connectivity index (χ1n) is 7.55. The summed E-state index contributed by atoms with van der Waals surface area (Å²) in [5.74, 6) is 0.447. The van der Waals surface area contributed by atoms with E-state index in [4.69, 9.17) is 4.74 Å². The Labute approximate surface area is 139 Å². The van der Waals surface area contributed by atoms with Gasteiger partial charge in [-0.2, -0.15) is 0 Å². The minimum Gasteiger partial charge on any atom is -0.481 e. The van der Waals surface area contributed by atoms with Crippen LogP contribution in [-0.4, -0.2) is 32.5 Å². The third-order valence-electron chi connectivity index (χ3n) is 3.54. The van der Waals surface area contributed by atoms with Gasteiger partial charge in [-0.25, -0.2) is 15.0 Å². The number of carbonyl (C=O) groups excluding carboxylic acids is 1. The number of methoxy groups -OCH3 is 1. The van der Waals surface area contributed by atoms with Crippen molar-refractivity contribution >= 4 is 22.9 Å². The number of nitrogens with zero attached hydrogens (tertiary/aromatic N) is 4. The fourth-order valence-electron chi connectivity index (χ4n) is 2.53. The third kappa shape index (κ3) is 2.92. The maximum absolute atomic E-state index is 12.5. The number of imidazole rings is 1. The average molecular weight is 325 g/mol. The van der Waals surface area contributed by atoms with Crippen molar-refractivity contribution in [2.24, 2.45) is 0 Å². The summed E-state index contributed by atoms with van der Waals surface area (Å²) in [6.07, 6.45) is 1.29. The Morgan fingerprint density at radius 2 is 1.96 bits per heavy atom. The quantitative estimate of drug-likeness (QED) is 0.801. The van der Waals surface area contributed by atoms with Gasteiger partial charge in [-0.1, -0.05) is 12.1 Å². The van der Waals surface area contributed by atoms with Crippen molar-refractivity contribution < 1.29 is 9.53 Å². The number of fused-ring (bicyclic) bond motifs is 1. The number of ether oxygens (including phenoxy) is 1. The van der Waals surface area contributed by atoms with Crippen molar-refractivity contribution in [1.29, 1.82) is 0 Å². The fraction of sp³-hybridized carbons (Fsp3) is 0.294. The standard InChI is InChI=1S/C17H19N5O2/c1-17(2,3)22-13-8-6-5-7-11(13)20-16(22)21-15(23)12-9-14(24-4)19-10-18-12/h5-10H,1-4H3,(H,20,21,23). The molecule has 124 valence electrons. The van der Waals surface area contributed by atoms with Gasteiger partial charge in [-0.05, 0) is 32.9 Å². The van der Waals surface area contributed by atoms with E-state index < -0.39 is 0 Å². The lowest BCUT2D eigenvalue weighted by molar-refractivity contribution is 0.102. The zero-order valence-corrected chi connectivity index (χ0v) is 14.1. The zero-order valence-electron chi connectivity index (χ0n) is 14.1. The Bertz CT molecular complexity index is 895. The molecule has 24 heavy (non-hydrogen) atoms. The van der Waals surface area contributed by atoms with Gasteiger partial charge in [0, 0.05) is 11.6 Å². The van der Waals surface area contributed by atoms with E-state index in [0.29, 0.717) is 11.8 Å². The maximum Gasteiger partial charge on any atom is 0.276 e. The first-order chi connectivity index (χ1) is 11.4. The molecule has 0 unspecified atom stereocenters.